The minimum atomic E-state index is 0.147. The molecule has 9 heteroatoms. The Bertz CT molecular complexity index is 3500. The molecule has 3 aliphatic carbocycles. The van der Waals surface area contributed by atoms with Crippen molar-refractivity contribution in [3.63, 3.8) is 0 Å². The lowest BCUT2D eigenvalue weighted by atomic mass is 9.81. The third-order valence-electron chi connectivity index (χ3n) is 32.5. The van der Waals surface area contributed by atoms with E-state index in [9.17, 15) is 0 Å². The molecule has 722 valence electrons. The molecule has 0 atom stereocenters. The molecule has 8 rings (SSSR count). The molecule has 3 fully saturated rings. The Morgan fingerprint density at radius 3 is 0.800 bits per heavy atom. The van der Waals surface area contributed by atoms with Gasteiger partial charge in [-0.25, -0.2) is 0 Å². The van der Waals surface area contributed by atoms with E-state index < -0.39 is 0 Å². The molecular weight excluding hydrogens is 1520 g/mol. The topological polar surface area (TPSA) is 29.2 Å². The highest BCUT2D eigenvalue weighted by Gasteiger charge is 2.36. The first-order valence-electron chi connectivity index (χ1n) is 50.9. The third-order valence-corrected chi connectivity index (χ3v) is 32.5. The second-order valence-corrected chi connectivity index (χ2v) is 43.5. The number of nitrogens with zero attached hydrogens (tertiary/aromatic N) is 9. The summed E-state index contributed by atoms with van der Waals surface area (Å²) < 4.78 is 0. The Hall–Kier alpha value is -5.06. The maximum Gasteiger partial charge on any atom is 0.0438 e. The predicted molar refractivity (Wildman–Crippen MR) is 572 cm³/mol. The van der Waals surface area contributed by atoms with Gasteiger partial charge in [-0.15, -0.1) is 0 Å². The van der Waals surface area contributed by atoms with Crippen LogP contribution in [0, 0.1) is 13.8 Å². The van der Waals surface area contributed by atoms with Crippen LogP contribution in [0.15, 0.2) is 115 Å². The monoisotopic (exact) mass is 1730 g/mol. The molecule has 0 spiro atoms. The van der Waals surface area contributed by atoms with Gasteiger partial charge in [-0.05, 0) is 344 Å². The van der Waals surface area contributed by atoms with Crippen molar-refractivity contribution >= 4 is 28.4 Å². The van der Waals surface area contributed by atoms with Crippen molar-refractivity contribution in [1.29, 1.82) is 0 Å². The predicted octanol–water partition coefficient (Wildman–Crippen LogP) is 33.3. The quantitative estimate of drug-likeness (QED) is 0.0464. The first-order chi connectivity index (χ1) is 58.0. The Kier molecular flexibility index (Phi) is 54.3. The van der Waals surface area contributed by atoms with E-state index in [4.69, 9.17) is 0 Å². The number of anilines is 5. The lowest BCUT2D eigenvalue weighted by Crippen LogP contribution is -2.48. The van der Waals surface area contributed by atoms with Crippen LogP contribution in [0.5, 0.6) is 0 Å². The van der Waals surface area contributed by atoms with Crippen LogP contribution in [0.2, 0.25) is 0 Å². The Balaban J connectivity index is 0.00000140. The normalized spacial score (nSPS) is 15.2. The van der Waals surface area contributed by atoms with Crippen molar-refractivity contribution in [2.24, 2.45) is 0 Å². The minimum Gasteiger partial charge on any atom is -0.369 e. The summed E-state index contributed by atoms with van der Waals surface area (Å²) in [6.45, 7) is 80.2. The fourth-order valence-electron chi connectivity index (χ4n) is 18.1. The molecule has 5 aromatic rings. The third kappa shape index (κ3) is 36.6. The number of benzene rings is 5. The molecule has 0 unspecified atom stereocenters. The summed E-state index contributed by atoms with van der Waals surface area (Å²) in [4.78, 5) is 22.0. The number of aryl methyl sites for hydroxylation is 2. The van der Waals surface area contributed by atoms with E-state index in [0.717, 1.165) is 0 Å². The second kappa shape index (κ2) is 56.6. The van der Waals surface area contributed by atoms with Gasteiger partial charge in [0.05, 0.1) is 0 Å². The van der Waals surface area contributed by atoms with Gasteiger partial charge in [0.2, 0.25) is 0 Å². The van der Waals surface area contributed by atoms with Gasteiger partial charge in [0.1, 0.15) is 0 Å². The van der Waals surface area contributed by atoms with Crippen LogP contribution in [0.1, 0.15) is 446 Å². The average molecular weight is 1730 g/mol. The van der Waals surface area contributed by atoms with E-state index >= 15 is 0 Å². The number of hydrogen-bond donors (Lipinski definition) is 0. The zero-order valence-corrected chi connectivity index (χ0v) is 92.1. The molecule has 0 bridgehead atoms. The molecule has 5 aromatic carbocycles. The fraction of sp³-hybridized carbons (Fsp3) is 0.741. The Morgan fingerprint density at radius 2 is 0.552 bits per heavy atom. The van der Waals surface area contributed by atoms with E-state index in [1.807, 2.05) is 0 Å². The summed E-state index contributed by atoms with van der Waals surface area (Å²) in [5, 5.41) is 0. The molecule has 0 aromatic heterocycles. The molecular formula is C116H213N9. The van der Waals surface area contributed by atoms with Gasteiger partial charge in [-0.3, -0.25) is 9.80 Å². The van der Waals surface area contributed by atoms with Gasteiger partial charge in [-0.2, -0.15) is 0 Å². The standard InChI is InChI=1S/C19H33N.C17H29N.C15H25N.C14H21N.C13H21N.C11H23N.C10H23N.C9H19N.C8H19N/c1-9-19(7,10-2)20(8)18-16(14(3)4)12-11-13-17(18)15(5)6;1-12(2)14-10-9-11-15(13(3)4)16(14)18(8)17(5,6)7;1-7-15(5,8-2)16(6)14-12(3)10-9-11-13(14)4;1-14(11-7-4-8-12-14)15(2)13-9-5-3-6-10-13;1-5-13(3,6-2)14(4)12-10-8-7-9-11-12;1-10(2)12(4)11(3)8-6-5-7-9-11;1-7-10(5,8-2)11(6)9(3)4;1-9(10(2)3)7-5-4-6-8-9;1-6-8(3,7-2)9(4)5/h11-15H,9-10H2,1-8H3;9-13H,1-8H3;9-11H,7-8H2,1-6H3;3,5-6,9-10H,4,7-8,11-12H2,1-2H3;7-11H,5-6H2,1-4H3;10H,5-9H2,1-4H3;9H,7-8H2,1-6H3;4-8H2,1-3H3;6-7H2,1-5H3. The largest absolute Gasteiger partial charge is 0.369 e. The summed E-state index contributed by atoms with van der Waals surface area (Å²) >= 11 is 0. The molecule has 0 radical (unpaired) electrons. The van der Waals surface area contributed by atoms with Gasteiger partial charge >= 0.3 is 0 Å². The van der Waals surface area contributed by atoms with Crippen LogP contribution in [-0.4, -0.2) is 159 Å². The average Bonchev–Trinajstić information content (AvgIpc) is 0.774. The Labute approximate surface area is 782 Å². The number of rotatable bonds is 29. The number of para-hydroxylation sites is 5. The number of hydrogen-bond acceptors (Lipinski definition) is 9. The van der Waals surface area contributed by atoms with Crippen LogP contribution < -0.4 is 24.5 Å². The molecule has 125 heavy (non-hydrogen) atoms. The summed E-state index contributed by atoms with van der Waals surface area (Å²) in [5.41, 5.74) is 18.7. The summed E-state index contributed by atoms with van der Waals surface area (Å²) in [6, 6.07) is 42.8. The Morgan fingerprint density at radius 1 is 0.280 bits per heavy atom. The van der Waals surface area contributed by atoms with Crippen molar-refractivity contribution in [3.8, 4) is 0 Å². The summed E-state index contributed by atoms with van der Waals surface area (Å²) in [7, 11) is 24.3. The van der Waals surface area contributed by atoms with Crippen molar-refractivity contribution in [2.75, 3.05) is 102 Å². The van der Waals surface area contributed by atoms with Crippen molar-refractivity contribution in [2.45, 2.75) is 488 Å². The lowest BCUT2D eigenvalue weighted by Gasteiger charge is -2.44. The maximum atomic E-state index is 2.55. The smallest absolute Gasteiger partial charge is 0.0438 e. The maximum absolute atomic E-state index is 2.55. The molecule has 0 saturated heterocycles. The van der Waals surface area contributed by atoms with E-state index in [-0.39, 0.29) is 22.2 Å². The lowest BCUT2D eigenvalue weighted by molar-refractivity contribution is 0.0650. The fourth-order valence-corrected chi connectivity index (χ4v) is 18.1. The minimum absolute atomic E-state index is 0.147. The van der Waals surface area contributed by atoms with Crippen LogP contribution in [-0.2, 0) is 0 Å². The molecule has 3 saturated carbocycles. The van der Waals surface area contributed by atoms with Crippen LogP contribution in [0.4, 0.5) is 28.4 Å². The second-order valence-electron chi connectivity index (χ2n) is 43.5. The molecule has 3 aliphatic rings. The first kappa shape index (κ1) is 120. The van der Waals surface area contributed by atoms with E-state index in [1.54, 1.807) is 0 Å². The van der Waals surface area contributed by atoms with E-state index in [0.29, 0.717) is 63.4 Å². The highest BCUT2D eigenvalue weighted by atomic mass is 15.2. The van der Waals surface area contributed by atoms with Gasteiger partial charge in [0, 0.05) is 126 Å². The molecule has 0 aliphatic heterocycles. The zero-order valence-electron chi connectivity index (χ0n) is 92.1. The summed E-state index contributed by atoms with van der Waals surface area (Å²) in [5.74, 6) is 2.24. The first-order valence-corrected chi connectivity index (χ1v) is 50.9. The van der Waals surface area contributed by atoms with Gasteiger partial charge < -0.3 is 34.3 Å². The molecule has 9 nitrogen and oxygen atoms in total. The van der Waals surface area contributed by atoms with Gasteiger partial charge in [0.15, 0.2) is 0 Å². The highest BCUT2D eigenvalue weighted by molar-refractivity contribution is 5.65. The summed E-state index contributed by atoms with van der Waals surface area (Å²) in [6.07, 6.45) is 33.0. The highest BCUT2D eigenvalue weighted by Crippen LogP contribution is 2.43. The van der Waals surface area contributed by atoms with Crippen molar-refractivity contribution in [3.05, 3.63) is 149 Å². The molecule has 0 amide bonds. The van der Waals surface area contributed by atoms with Crippen LogP contribution in [0.25, 0.3) is 0 Å². The van der Waals surface area contributed by atoms with E-state index in [2.05, 4.69) is 479 Å². The zero-order chi connectivity index (χ0) is 96.6. The van der Waals surface area contributed by atoms with Crippen LogP contribution >= 0.6 is 0 Å². The molecule has 0 heterocycles. The molecule has 0 N–H and O–H groups in total. The SMILES string of the molecule is CC(C)N(C)C1(C)CCCCC1.CC(C)c1cccc(C(C)C)c1N(C)C(C)(C)C.CCC(C)(CC)N(C)C.CCC(C)(CC)N(C)C(C)C.CCC(C)(CC)N(C)c1c(C(C)C)cccc1C(C)C.CCC(C)(CC)N(C)c1c(C)cccc1C.CCC(C)(CC)N(C)c1ccccc1.CN(C)C1(C)CCCCC1.CN(c1ccccc1)C1(C)CCCCC1. The van der Waals surface area contributed by atoms with Crippen molar-refractivity contribution < 1.29 is 0 Å². The van der Waals surface area contributed by atoms with Gasteiger partial charge in [0.25, 0.3) is 0 Å². The van der Waals surface area contributed by atoms with E-state index in [1.165, 1.54) is 222 Å². The van der Waals surface area contributed by atoms with Crippen molar-refractivity contribution in [1.82, 2.24) is 19.6 Å². The van der Waals surface area contributed by atoms with Gasteiger partial charge in [-0.1, -0.05) is 273 Å². The van der Waals surface area contributed by atoms with Crippen LogP contribution in [0.3, 0.4) is 0 Å².